The van der Waals surface area contributed by atoms with E-state index >= 15 is 0 Å². The van der Waals surface area contributed by atoms with E-state index in [9.17, 15) is 9.65 Å². The van der Waals surface area contributed by atoms with Gasteiger partial charge >= 0.3 is 0 Å². The van der Waals surface area contributed by atoms with Gasteiger partial charge in [0.15, 0.2) is 0 Å². The van der Waals surface area contributed by atoms with E-state index in [0.717, 1.165) is 18.4 Å². The molecule has 1 saturated heterocycles. The van der Waals surface area contributed by atoms with Crippen molar-refractivity contribution >= 4 is 5.69 Å². The van der Waals surface area contributed by atoms with Crippen molar-refractivity contribution in [1.82, 2.24) is 0 Å². The molecule has 2 rings (SSSR count). The highest BCUT2D eigenvalue weighted by Crippen LogP contribution is 2.24. The van der Waals surface area contributed by atoms with Crippen LogP contribution in [0, 0.1) is 24.1 Å². The molecule has 0 saturated carbocycles. The highest BCUT2D eigenvalue weighted by atomic mass is 19.1. The molecule has 0 radical (unpaired) electrons. The average molecular weight is 248 g/mol. The Morgan fingerprint density at radius 3 is 2.78 bits per heavy atom. The number of benzene rings is 1. The minimum Gasteiger partial charge on any atom is -0.372 e. The van der Waals surface area contributed by atoms with Gasteiger partial charge in [-0.3, -0.25) is 0 Å². The minimum atomic E-state index is -0.434. The number of nitriles is 1. The third kappa shape index (κ3) is 2.99. The molecule has 3 atom stereocenters. The van der Waals surface area contributed by atoms with Crippen molar-refractivity contribution in [3.8, 4) is 6.07 Å². The van der Waals surface area contributed by atoms with Crippen LogP contribution >= 0.6 is 0 Å². The maximum Gasteiger partial charge on any atom is 0.141 e. The van der Waals surface area contributed by atoms with Gasteiger partial charge in [-0.1, -0.05) is 0 Å². The summed E-state index contributed by atoms with van der Waals surface area (Å²) in [5.41, 5.74) is 1.46. The first-order valence-electron chi connectivity index (χ1n) is 6.17. The fraction of sp³-hybridized carbons (Fsp3) is 0.500. The maximum atomic E-state index is 13.3. The average Bonchev–Trinajstić information content (AvgIpc) is 2.71. The summed E-state index contributed by atoms with van der Waals surface area (Å²) >= 11 is 0. The molecular formula is C14H17FN2O. The molecule has 0 bridgehead atoms. The van der Waals surface area contributed by atoms with E-state index in [-0.39, 0.29) is 18.0 Å². The van der Waals surface area contributed by atoms with Gasteiger partial charge in [0, 0.05) is 5.69 Å². The van der Waals surface area contributed by atoms with Gasteiger partial charge in [0.1, 0.15) is 11.9 Å². The Kier molecular flexibility index (Phi) is 3.83. The quantitative estimate of drug-likeness (QED) is 0.894. The topological polar surface area (TPSA) is 45.0 Å². The van der Waals surface area contributed by atoms with Crippen molar-refractivity contribution in [3.63, 3.8) is 0 Å². The van der Waals surface area contributed by atoms with E-state index in [4.69, 9.17) is 4.74 Å². The zero-order valence-corrected chi connectivity index (χ0v) is 10.6. The first kappa shape index (κ1) is 12.8. The van der Waals surface area contributed by atoms with Gasteiger partial charge in [-0.05, 0) is 50.5 Å². The molecule has 4 heteroatoms. The van der Waals surface area contributed by atoms with Crippen LogP contribution in [-0.4, -0.2) is 18.2 Å². The second kappa shape index (κ2) is 5.36. The molecule has 0 spiro atoms. The van der Waals surface area contributed by atoms with Gasteiger partial charge in [-0.25, -0.2) is 4.39 Å². The van der Waals surface area contributed by atoms with Gasteiger partial charge in [0.2, 0.25) is 0 Å². The molecule has 1 aliphatic heterocycles. The van der Waals surface area contributed by atoms with Crippen molar-refractivity contribution in [2.45, 2.75) is 44.9 Å². The van der Waals surface area contributed by atoms with Crippen LogP contribution in [0.3, 0.4) is 0 Å². The number of hydrogen-bond acceptors (Lipinski definition) is 3. The zero-order chi connectivity index (χ0) is 13.1. The largest absolute Gasteiger partial charge is 0.372 e. The van der Waals surface area contributed by atoms with Crippen LogP contribution in [0.4, 0.5) is 10.1 Å². The van der Waals surface area contributed by atoms with Crippen LogP contribution < -0.4 is 5.32 Å². The van der Waals surface area contributed by atoms with Gasteiger partial charge in [0.25, 0.3) is 0 Å². The molecule has 1 aliphatic rings. The number of halogens is 1. The Hall–Kier alpha value is -1.60. The lowest BCUT2D eigenvalue weighted by molar-refractivity contribution is 0.0534. The van der Waals surface area contributed by atoms with E-state index in [1.165, 1.54) is 12.1 Å². The molecule has 0 aromatic heterocycles. The highest BCUT2D eigenvalue weighted by Gasteiger charge is 2.29. The first-order valence-corrected chi connectivity index (χ1v) is 6.17. The summed E-state index contributed by atoms with van der Waals surface area (Å²) < 4.78 is 18.9. The molecule has 3 nitrogen and oxygen atoms in total. The molecule has 96 valence electrons. The molecule has 1 heterocycles. The summed E-state index contributed by atoms with van der Waals surface area (Å²) in [4.78, 5) is 0. The smallest absolute Gasteiger partial charge is 0.141 e. The van der Waals surface area contributed by atoms with Crippen LogP contribution in [-0.2, 0) is 4.74 Å². The summed E-state index contributed by atoms with van der Waals surface area (Å²) in [6.07, 6.45) is 1.91. The van der Waals surface area contributed by atoms with Crippen molar-refractivity contribution in [1.29, 1.82) is 5.26 Å². The number of aryl methyl sites for hydroxylation is 1. The molecule has 0 aliphatic carbocycles. The predicted molar refractivity (Wildman–Crippen MR) is 67.7 cm³/mol. The number of ether oxygens (including phenoxy) is 1. The van der Waals surface area contributed by atoms with Gasteiger partial charge < -0.3 is 10.1 Å². The Labute approximate surface area is 107 Å². The summed E-state index contributed by atoms with van der Waals surface area (Å²) in [6.45, 7) is 3.82. The molecular weight excluding hydrogens is 231 g/mol. The Morgan fingerprint density at radius 1 is 1.44 bits per heavy atom. The lowest BCUT2D eigenvalue weighted by Crippen LogP contribution is -2.32. The van der Waals surface area contributed by atoms with Crippen molar-refractivity contribution < 1.29 is 9.13 Å². The molecule has 1 N–H and O–H groups in total. The van der Waals surface area contributed by atoms with Crippen LogP contribution in [0.15, 0.2) is 18.2 Å². The van der Waals surface area contributed by atoms with Crippen molar-refractivity contribution in [2.24, 2.45) is 0 Å². The van der Waals surface area contributed by atoms with E-state index in [1.54, 1.807) is 0 Å². The van der Waals surface area contributed by atoms with Crippen LogP contribution in [0.5, 0.6) is 0 Å². The molecule has 1 aromatic rings. The van der Waals surface area contributed by atoms with E-state index in [0.29, 0.717) is 5.69 Å². The normalized spacial score (nSPS) is 24.6. The van der Waals surface area contributed by atoms with Gasteiger partial charge in [0.05, 0.1) is 18.3 Å². The van der Waals surface area contributed by atoms with Crippen LogP contribution in [0.25, 0.3) is 0 Å². The number of anilines is 1. The lowest BCUT2D eigenvalue weighted by Gasteiger charge is -2.19. The number of nitrogens with zero attached hydrogens (tertiary/aromatic N) is 1. The molecule has 18 heavy (non-hydrogen) atoms. The van der Waals surface area contributed by atoms with E-state index < -0.39 is 6.04 Å². The third-order valence-corrected chi connectivity index (χ3v) is 3.14. The highest BCUT2D eigenvalue weighted by molar-refractivity contribution is 5.48. The monoisotopic (exact) mass is 248 g/mol. The minimum absolute atomic E-state index is 0.117. The van der Waals surface area contributed by atoms with Crippen LogP contribution in [0.2, 0.25) is 0 Å². The fourth-order valence-electron chi connectivity index (χ4n) is 2.29. The Bertz CT molecular complexity index is 449. The standard InChI is InChI=1S/C14H17FN2O/c1-9-5-11(15)7-12(6-9)17-13(8-16)14-4-3-10(2)18-14/h5-7,10,13-14,17H,3-4H2,1-2H3. The third-order valence-electron chi connectivity index (χ3n) is 3.14. The molecule has 3 unspecified atom stereocenters. The van der Waals surface area contributed by atoms with Crippen LogP contribution in [0.1, 0.15) is 25.3 Å². The number of hydrogen-bond donors (Lipinski definition) is 1. The predicted octanol–water partition coefficient (Wildman–Crippen LogP) is 3.01. The second-order valence-electron chi connectivity index (χ2n) is 4.83. The molecule has 0 amide bonds. The second-order valence-corrected chi connectivity index (χ2v) is 4.83. The maximum absolute atomic E-state index is 13.3. The van der Waals surface area contributed by atoms with E-state index in [1.807, 2.05) is 19.9 Å². The summed E-state index contributed by atoms with van der Waals surface area (Å²) in [5.74, 6) is -0.296. The van der Waals surface area contributed by atoms with Crippen molar-refractivity contribution in [2.75, 3.05) is 5.32 Å². The van der Waals surface area contributed by atoms with Gasteiger partial charge in [-0.2, -0.15) is 5.26 Å². The SMILES string of the molecule is Cc1cc(F)cc(NC(C#N)C2CCC(C)O2)c1. The number of rotatable bonds is 3. The molecule has 1 aromatic carbocycles. The Morgan fingerprint density at radius 2 is 2.22 bits per heavy atom. The lowest BCUT2D eigenvalue weighted by atomic mass is 10.1. The zero-order valence-electron chi connectivity index (χ0n) is 10.6. The fourth-order valence-corrected chi connectivity index (χ4v) is 2.29. The van der Waals surface area contributed by atoms with E-state index in [2.05, 4.69) is 11.4 Å². The van der Waals surface area contributed by atoms with Crippen molar-refractivity contribution in [3.05, 3.63) is 29.6 Å². The summed E-state index contributed by atoms with van der Waals surface area (Å²) in [5, 5.41) is 12.2. The number of nitrogens with one attached hydrogen (secondary N) is 1. The molecule has 1 fully saturated rings. The Balaban J connectivity index is 2.08. The summed E-state index contributed by atoms with van der Waals surface area (Å²) in [6, 6.07) is 6.44. The van der Waals surface area contributed by atoms with Gasteiger partial charge in [-0.15, -0.1) is 0 Å². The summed E-state index contributed by atoms with van der Waals surface area (Å²) in [7, 11) is 0. The first-order chi connectivity index (χ1) is 8.58.